The Morgan fingerprint density at radius 1 is 1.13 bits per heavy atom. The van der Waals surface area contributed by atoms with Crippen LogP contribution in [0.1, 0.15) is 24.2 Å². The highest BCUT2D eigenvalue weighted by Crippen LogP contribution is 2.25. The van der Waals surface area contributed by atoms with Crippen molar-refractivity contribution in [2.75, 3.05) is 19.0 Å². The molecule has 120 valence electrons. The van der Waals surface area contributed by atoms with Gasteiger partial charge in [0.15, 0.2) is 5.78 Å². The first-order valence-corrected chi connectivity index (χ1v) is 7.49. The smallest absolute Gasteiger partial charge is 0.187 e. The van der Waals surface area contributed by atoms with Crippen LogP contribution >= 0.6 is 0 Å². The summed E-state index contributed by atoms with van der Waals surface area (Å²) in [6.45, 7) is 4.38. The van der Waals surface area contributed by atoms with E-state index >= 15 is 0 Å². The predicted octanol–water partition coefficient (Wildman–Crippen LogP) is 4.29. The molecule has 0 atom stereocenters. The van der Waals surface area contributed by atoms with Crippen LogP contribution in [0, 0.1) is 0 Å². The van der Waals surface area contributed by atoms with Crippen LogP contribution in [0.25, 0.3) is 0 Å². The van der Waals surface area contributed by atoms with Gasteiger partial charge in [-0.15, -0.1) is 0 Å². The Morgan fingerprint density at radius 3 is 2.48 bits per heavy atom. The van der Waals surface area contributed by atoms with E-state index in [1.165, 1.54) is 0 Å². The van der Waals surface area contributed by atoms with Gasteiger partial charge in [0, 0.05) is 17.3 Å². The number of methoxy groups -OCH3 is 1. The molecule has 1 N–H and O–H groups in total. The quantitative estimate of drug-likeness (QED) is 0.612. The van der Waals surface area contributed by atoms with Gasteiger partial charge in [0.25, 0.3) is 0 Å². The number of ketones is 1. The SMILES string of the molecule is CCOc1ccccc1NC(C)=CC(=O)c1ccc(OC)cc1. The number of allylic oxidation sites excluding steroid dienone is 2. The average molecular weight is 311 g/mol. The third-order valence-electron chi connectivity index (χ3n) is 3.24. The molecule has 4 heteroatoms. The zero-order chi connectivity index (χ0) is 16.7. The molecular formula is C19H21NO3. The van der Waals surface area contributed by atoms with E-state index in [1.807, 2.05) is 38.1 Å². The molecule has 0 unspecified atom stereocenters. The van der Waals surface area contributed by atoms with Gasteiger partial charge >= 0.3 is 0 Å². The summed E-state index contributed by atoms with van der Waals surface area (Å²) in [6, 6.07) is 14.7. The van der Waals surface area contributed by atoms with Crippen molar-refractivity contribution < 1.29 is 14.3 Å². The van der Waals surface area contributed by atoms with Crippen molar-refractivity contribution in [2.24, 2.45) is 0 Å². The number of para-hydroxylation sites is 2. The van der Waals surface area contributed by atoms with Crippen LogP contribution in [-0.2, 0) is 0 Å². The van der Waals surface area contributed by atoms with Crippen LogP contribution in [0.5, 0.6) is 11.5 Å². The minimum Gasteiger partial charge on any atom is -0.497 e. The number of benzene rings is 2. The maximum Gasteiger partial charge on any atom is 0.187 e. The van der Waals surface area contributed by atoms with Gasteiger partial charge in [-0.1, -0.05) is 12.1 Å². The van der Waals surface area contributed by atoms with Gasteiger partial charge in [-0.05, 0) is 50.2 Å². The second kappa shape index (κ2) is 8.03. The normalized spacial score (nSPS) is 11.0. The topological polar surface area (TPSA) is 47.6 Å². The number of hydrogen-bond donors (Lipinski definition) is 1. The largest absolute Gasteiger partial charge is 0.497 e. The van der Waals surface area contributed by atoms with Crippen LogP contribution in [0.15, 0.2) is 60.3 Å². The minimum atomic E-state index is -0.0634. The number of nitrogens with one attached hydrogen (secondary N) is 1. The minimum absolute atomic E-state index is 0.0634. The summed E-state index contributed by atoms with van der Waals surface area (Å²) in [5.74, 6) is 1.43. The molecule has 0 aliphatic rings. The van der Waals surface area contributed by atoms with Gasteiger partial charge in [-0.25, -0.2) is 0 Å². The fourth-order valence-electron chi connectivity index (χ4n) is 2.14. The van der Waals surface area contributed by atoms with Crippen molar-refractivity contribution >= 4 is 11.5 Å². The molecule has 0 aliphatic heterocycles. The van der Waals surface area contributed by atoms with E-state index in [4.69, 9.17) is 9.47 Å². The van der Waals surface area contributed by atoms with E-state index in [0.29, 0.717) is 12.2 Å². The Hall–Kier alpha value is -2.75. The number of ether oxygens (including phenoxy) is 2. The van der Waals surface area contributed by atoms with Gasteiger partial charge < -0.3 is 14.8 Å². The summed E-state index contributed by atoms with van der Waals surface area (Å²) in [5, 5.41) is 3.21. The van der Waals surface area contributed by atoms with Crippen LogP contribution in [0.2, 0.25) is 0 Å². The lowest BCUT2D eigenvalue weighted by Gasteiger charge is -2.12. The Bertz CT molecular complexity index is 690. The van der Waals surface area contributed by atoms with Gasteiger partial charge in [0.2, 0.25) is 0 Å². The van der Waals surface area contributed by atoms with Gasteiger partial charge in [-0.2, -0.15) is 0 Å². The molecule has 0 heterocycles. The second-order valence-electron chi connectivity index (χ2n) is 4.97. The maximum atomic E-state index is 12.3. The van der Waals surface area contributed by atoms with E-state index in [0.717, 1.165) is 22.9 Å². The number of hydrogen-bond acceptors (Lipinski definition) is 4. The van der Waals surface area contributed by atoms with Gasteiger partial charge in [-0.3, -0.25) is 4.79 Å². The Morgan fingerprint density at radius 2 is 1.83 bits per heavy atom. The zero-order valence-electron chi connectivity index (χ0n) is 13.6. The van der Waals surface area contributed by atoms with Crippen LogP contribution < -0.4 is 14.8 Å². The number of rotatable bonds is 7. The van der Waals surface area contributed by atoms with E-state index in [-0.39, 0.29) is 5.78 Å². The van der Waals surface area contributed by atoms with Crippen molar-refractivity contribution in [3.05, 3.63) is 65.9 Å². The highest BCUT2D eigenvalue weighted by atomic mass is 16.5. The summed E-state index contributed by atoms with van der Waals surface area (Å²) in [4.78, 5) is 12.3. The Balaban J connectivity index is 2.11. The first-order valence-electron chi connectivity index (χ1n) is 7.49. The third-order valence-corrected chi connectivity index (χ3v) is 3.24. The highest BCUT2D eigenvalue weighted by Gasteiger charge is 2.06. The van der Waals surface area contributed by atoms with E-state index in [2.05, 4.69) is 5.32 Å². The van der Waals surface area contributed by atoms with Gasteiger partial charge in [0.05, 0.1) is 19.4 Å². The molecule has 0 aromatic heterocycles. The highest BCUT2D eigenvalue weighted by molar-refractivity contribution is 6.05. The molecule has 0 bridgehead atoms. The zero-order valence-corrected chi connectivity index (χ0v) is 13.6. The molecule has 4 nitrogen and oxygen atoms in total. The number of anilines is 1. The lowest BCUT2D eigenvalue weighted by molar-refractivity contribution is 0.104. The maximum absolute atomic E-state index is 12.3. The molecule has 0 radical (unpaired) electrons. The summed E-state index contributed by atoms with van der Waals surface area (Å²) in [7, 11) is 1.60. The molecule has 2 rings (SSSR count). The summed E-state index contributed by atoms with van der Waals surface area (Å²) >= 11 is 0. The molecule has 23 heavy (non-hydrogen) atoms. The van der Waals surface area contributed by atoms with Gasteiger partial charge in [0.1, 0.15) is 11.5 Å². The van der Waals surface area contributed by atoms with Crippen molar-refractivity contribution in [1.29, 1.82) is 0 Å². The molecule has 0 amide bonds. The fraction of sp³-hybridized carbons (Fsp3) is 0.211. The van der Waals surface area contributed by atoms with Crippen LogP contribution in [0.4, 0.5) is 5.69 Å². The Labute approximate surface area is 136 Å². The molecule has 2 aromatic carbocycles. The van der Waals surface area contributed by atoms with Crippen molar-refractivity contribution in [1.82, 2.24) is 0 Å². The lowest BCUT2D eigenvalue weighted by Crippen LogP contribution is -2.03. The molecule has 0 saturated heterocycles. The fourth-order valence-corrected chi connectivity index (χ4v) is 2.14. The third kappa shape index (κ3) is 4.61. The molecule has 0 aliphatic carbocycles. The molecular weight excluding hydrogens is 290 g/mol. The Kier molecular flexibility index (Phi) is 5.80. The molecule has 0 spiro atoms. The van der Waals surface area contributed by atoms with Crippen molar-refractivity contribution in [2.45, 2.75) is 13.8 Å². The van der Waals surface area contributed by atoms with Crippen LogP contribution in [0.3, 0.4) is 0 Å². The molecule has 2 aromatic rings. The molecule has 0 saturated carbocycles. The van der Waals surface area contributed by atoms with Crippen molar-refractivity contribution in [3.8, 4) is 11.5 Å². The second-order valence-corrected chi connectivity index (χ2v) is 4.97. The van der Waals surface area contributed by atoms with E-state index in [9.17, 15) is 4.79 Å². The number of carbonyl (C=O) groups is 1. The summed E-state index contributed by atoms with van der Waals surface area (Å²) in [5.41, 5.74) is 2.20. The first kappa shape index (κ1) is 16.6. The summed E-state index contributed by atoms with van der Waals surface area (Å²) in [6.07, 6.45) is 1.57. The van der Waals surface area contributed by atoms with E-state index < -0.39 is 0 Å². The van der Waals surface area contributed by atoms with E-state index in [1.54, 1.807) is 37.5 Å². The number of carbonyl (C=O) groups excluding carboxylic acids is 1. The lowest BCUT2D eigenvalue weighted by atomic mass is 10.1. The van der Waals surface area contributed by atoms with Crippen LogP contribution in [-0.4, -0.2) is 19.5 Å². The standard InChI is InChI=1S/C19H21NO3/c1-4-23-19-8-6-5-7-17(19)20-14(2)13-18(21)15-9-11-16(22-3)12-10-15/h5-13,20H,4H2,1-3H3. The average Bonchev–Trinajstić information content (AvgIpc) is 2.57. The summed E-state index contributed by atoms with van der Waals surface area (Å²) < 4.78 is 10.7. The van der Waals surface area contributed by atoms with Crippen molar-refractivity contribution in [3.63, 3.8) is 0 Å². The first-order chi connectivity index (χ1) is 11.1. The monoisotopic (exact) mass is 311 g/mol. The molecule has 0 fully saturated rings. The predicted molar refractivity (Wildman–Crippen MR) is 92.3 cm³/mol.